The van der Waals surface area contributed by atoms with Crippen molar-refractivity contribution < 1.29 is 4.79 Å². The highest BCUT2D eigenvalue weighted by molar-refractivity contribution is 6.04. The Morgan fingerprint density at radius 2 is 2.04 bits per heavy atom. The molecule has 6 nitrogen and oxygen atoms in total. The summed E-state index contributed by atoms with van der Waals surface area (Å²) in [6.45, 7) is 0.679. The summed E-state index contributed by atoms with van der Waals surface area (Å²) in [5, 5.41) is 14.8. The van der Waals surface area contributed by atoms with Gasteiger partial charge >= 0.3 is 0 Å². The number of nitrogens with zero attached hydrogens (tertiary/aromatic N) is 1. The summed E-state index contributed by atoms with van der Waals surface area (Å²) < 4.78 is 0. The van der Waals surface area contributed by atoms with E-state index in [2.05, 4.69) is 39.0 Å². The number of fused-ring (bicyclic) bond motifs is 2. The molecular weight excluding hydrogens is 350 g/mol. The molecule has 2 aromatic carbocycles. The largest absolute Gasteiger partial charge is 0.381 e. The summed E-state index contributed by atoms with van der Waals surface area (Å²) in [6, 6.07) is 10.9. The fraction of sp³-hybridized carbons (Fsp3) is 0.364. The van der Waals surface area contributed by atoms with Gasteiger partial charge in [0.1, 0.15) is 0 Å². The Morgan fingerprint density at radius 1 is 1.14 bits per heavy atom. The molecule has 2 atom stereocenters. The van der Waals surface area contributed by atoms with E-state index in [0.29, 0.717) is 6.54 Å². The lowest BCUT2D eigenvalue weighted by molar-refractivity contribution is 0.0947. The van der Waals surface area contributed by atoms with Crippen molar-refractivity contribution in [3.05, 3.63) is 47.7 Å². The number of carbonyl (C=O) groups is 1. The van der Waals surface area contributed by atoms with E-state index >= 15 is 0 Å². The van der Waals surface area contributed by atoms with Gasteiger partial charge in [-0.2, -0.15) is 5.10 Å². The second-order valence-electron chi connectivity index (χ2n) is 7.94. The van der Waals surface area contributed by atoms with Crippen molar-refractivity contribution in [3.63, 3.8) is 0 Å². The molecule has 0 bridgehead atoms. The first-order valence-electron chi connectivity index (χ1n) is 10.1. The van der Waals surface area contributed by atoms with Crippen LogP contribution in [-0.4, -0.2) is 34.7 Å². The summed E-state index contributed by atoms with van der Waals surface area (Å²) >= 11 is 0. The highest BCUT2D eigenvalue weighted by Gasteiger charge is 2.25. The van der Waals surface area contributed by atoms with Gasteiger partial charge in [-0.3, -0.25) is 9.89 Å². The molecule has 3 aromatic rings. The number of benzene rings is 2. The highest BCUT2D eigenvalue weighted by atomic mass is 16.1. The summed E-state index contributed by atoms with van der Waals surface area (Å²) in [5.74, 6) is 0.00413. The normalized spacial score (nSPS) is 22.0. The molecule has 1 saturated carbocycles. The average molecular weight is 375 g/mol. The van der Waals surface area contributed by atoms with Gasteiger partial charge in [-0.05, 0) is 60.2 Å². The third-order valence-electron chi connectivity index (χ3n) is 6.05. The molecule has 144 valence electrons. The van der Waals surface area contributed by atoms with Gasteiger partial charge < -0.3 is 16.4 Å². The summed E-state index contributed by atoms with van der Waals surface area (Å²) in [5.41, 5.74) is 12.3. The van der Waals surface area contributed by atoms with Crippen molar-refractivity contribution in [2.24, 2.45) is 5.73 Å². The zero-order chi connectivity index (χ0) is 19.1. The van der Waals surface area contributed by atoms with E-state index < -0.39 is 0 Å². The number of rotatable bonds is 3. The third-order valence-corrected chi connectivity index (χ3v) is 6.05. The minimum Gasteiger partial charge on any atom is -0.381 e. The van der Waals surface area contributed by atoms with Crippen molar-refractivity contribution in [1.29, 1.82) is 0 Å². The van der Waals surface area contributed by atoms with Crippen LogP contribution in [0.15, 0.2) is 36.5 Å². The van der Waals surface area contributed by atoms with Crippen LogP contribution in [0.1, 0.15) is 41.6 Å². The minimum absolute atomic E-state index is 0.00413. The lowest BCUT2D eigenvalue weighted by Gasteiger charge is -2.31. The van der Waals surface area contributed by atoms with E-state index in [0.717, 1.165) is 58.1 Å². The lowest BCUT2D eigenvalue weighted by atomic mass is 9.88. The van der Waals surface area contributed by atoms with Gasteiger partial charge in [-0.25, -0.2) is 0 Å². The van der Waals surface area contributed by atoms with Gasteiger partial charge in [0.15, 0.2) is 0 Å². The van der Waals surface area contributed by atoms with E-state index in [4.69, 9.17) is 5.73 Å². The number of aromatic amines is 1. The van der Waals surface area contributed by atoms with Gasteiger partial charge in [0.05, 0.1) is 17.3 Å². The molecule has 0 radical (unpaired) electrons. The van der Waals surface area contributed by atoms with E-state index in [-0.39, 0.29) is 18.0 Å². The number of hydrogen-bond donors (Lipinski definition) is 4. The number of hydrogen-bond acceptors (Lipinski definition) is 4. The van der Waals surface area contributed by atoms with E-state index in [1.54, 1.807) is 0 Å². The average Bonchev–Trinajstić information content (AvgIpc) is 3.17. The maximum Gasteiger partial charge on any atom is 0.252 e. The van der Waals surface area contributed by atoms with Crippen molar-refractivity contribution in [2.45, 2.75) is 44.2 Å². The van der Waals surface area contributed by atoms with Gasteiger partial charge in [-0.1, -0.05) is 18.9 Å². The Hall–Kier alpha value is -2.86. The zero-order valence-corrected chi connectivity index (χ0v) is 15.8. The number of H-pyrrole nitrogens is 1. The molecule has 6 heteroatoms. The molecule has 1 aromatic heterocycles. The smallest absolute Gasteiger partial charge is 0.252 e. The molecule has 5 N–H and O–H groups in total. The predicted molar refractivity (Wildman–Crippen MR) is 111 cm³/mol. The first kappa shape index (κ1) is 17.3. The van der Waals surface area contributed by atoms with Gasteiger partial charge in [0.25, 0.3) is 5.91 Å². The minimum atomic E-state index is 0.00413. The van der Waals surface area contributed by atoms with Gasteiger partial charge in [-0.15, -0.1) is 0 Å². The van der Waals surface area contributed by atoms with Crippen LogP contribution < -0.4 is 16.4 Å². The van der Waals surface area contributed by atoms with E-state index in [1.807, 2.05) is 18.3 Å². The number of nitrogens with two attached hydrogens (primary N) is 1. The molecule has 2 heterocycles. The van der Waals surface area contributed by atoms with Crippen LogP contribution in [-0.2, 0) is 6.42 Å². The highest BCUT2D eigenvalue weighted by Crippen LogP contribution is 2.34. The zero-order valence-electron chi connectivity index (χ0n) is 15.8. The molecular formula is C22H25N5O. The number of amides is 1. The number of nitrogens with one attached hydrogen (secondary N) is 3. The van der Waals surface area contributed by atoms with Crippen LogP contribution in [0.25, 0.3) is 22.0 Å². The summed E-state index contributed by atoms with van der Waals surface area (Å²) in [7, 11) is 0. The fourth-order valence-electron chi connectivity index (χ4n) is 4.54. The molecule has 1 aliphatic carbocycles. The summed E-state index contributed by atoms with van der Waals surface area (Å²) in [4.78, 5) is 12.7. The molecule has 2 unspecified atom stereocenters. The Labute approximate surface area is 163 Å². The summed E-state index contributed by atoms with van der Waals surface area (Å²) in [6.07, 6.45) is 7.23. The Morgan fingerprint density at radius 3 is 2.93 bits per heavy atom. The Kier molecular flexibility index (Phi) is 4.28. The standard InChI is InChI=1S/C22H25N5O/c23-18-3-1-2-4-20(18)26-16-10-14-7-8-24-22(28)21(14)17(11-16)13-5-6-19-15(9-13)12-25-27-19/h5-6,9-12,18,20,26H,1-4,7-8,23H2,(H,24,28)(H,25,27). The van der Waals surface area contributed by atoms with Crippen molar-refractivity contribution in [1.82, 2.24) is 15.5 Å². The molecule has 1 amide bonds. The maximum atomic E-state index is 12.7. The Bertz CT molecular complexity index is 1040. The monoisotopic (exact) mass is 375 g/mol. The molecule has 1 aliphatic heterocycles. The SMILES string of the molecule is NC1CCCCC1Nc1cc2c(c(-c3ccc4[nH]ncc4c3)c1)C(=O)NCC2. The topological polar surface area (TPSA) is 95.8 Å². The molecule has 1 fully saturated rings. The molecule has 0 saturated heterocycles. The van der Waals surface area contributed by atoms with Crippen LogP contribution in [0.3, 0.4) is 0 Å². The van der Waals surface area contributed by atoms with Crippen molar-refractivity contribution >= 4 is 22.5 Å². The van der Waals surface area contributed by atoms with Crippen LogP contribution in [0, 0.1) is 0 Å². The quantitative estimate of drug-likeness (QED) is 0.565. The fourth-order valence-corrected chi connectivity index (χ4v) is 4.54. The van der Waals surface area contributed by atoms with Crippen molar-refractivity contribution in [3.8, 4) is 11.1 Å². The molecule has 5 rings (SSSR count). The number of aromatic nitrogens is 2. The lowest BCUT2D eigenvalue weighted by Crippen LogP contribution is -2.42. The van der Waals surface area contributed by atoms with Gasteiger partial charge in [0, 0.05) is 29.7 Å². The number of anilines is 1. The molecule has 0 spiro atoms. The van der Waals surface area contributed by atoms with E-state index in [9.17, 15) is 4.79 Å². The second kappa shape index (κ2) is 6.95. The van der Waals surface area contributed by atoms with Gasteiger partial charge in [0.2, 0.25) is 0 Å². The number of carbonyl (C=O) groups excluding carboxylic acids is 1. The second-order valence-corrected chi connectivity index (χ2v) is 7.94. The first-order chi connectivity index (χ1) is 13.7. The van der Waals surface area contributed by atoms with Crippen LogP contribution in [0.5, 0.6) is 0 Å². The van der Waals surface area contributed by atoms with Crippen molar-refractivity contribution in [2.75, 3.05) is 11.9 Å². The maximum absolute atomic E-state index is 12.7. The predicted octanol–water partition coefficient (Wildman–Crippen LogP) is 3.20. The molecule has 28 heavy (non-hydrogen) atoms. The van der Waals surface area contributed by atoms with Crippen LogP contribution in [0.4, 0.5) is 5.69 Å². The Balaban J connectivity index is 1.60. The van der Waals surface area contributed by atoms with Crippen LogP contribution in [0.2, 0.25) is 0 Å². The molecule has 2 aliphatic rings. The first-order valence-corrected chi connectivity index (χ1v) is 10.1. The van der Waals surface area contributed by atoms with E-state index in [1.165, 1.54) is 12.8 Å². The van der Waals surface area contributed by atoms with Crippen LogP contribution >= 0.6 is 0 Å². The third kappa shape index (κ3) is 3.03.